The minimum atomic E-state index is 0.563. The smallest absolute Gasteiger partial charge is 0.0650 e. The zero-order chi connectivity index (χ0) is 14.5. The Bertz CT molecular complexity index is 535. The van der Waals surface area contributed by atoms with Gasteiger partial charge in [0, 0.05) is 12.2 Å². The lowest BCUT2D eigenvalue weighted by molar-refractivity contribution is 0.570. The second-order valence-corrected chi connectivity index (χ2v) is 5.85. The van der Waals surface area contributed by atoms with E-state index >= 15 is 0 Å². The van der Waals surface area contributed by atoms with E-state index < -0.39 is 0 Å². The first-order valence-corrected chi connectivity index (χ1v) is 7.40. The summed E-state index contributed by atoms with van der Waals surface area (Å²) in [6.45, 7) is 9.67. The first-order valence-electron chi connectivity index (χ1n) is 7.40. The number of rotatable bonds is 6. The van der Waals surface area contributed by atoms with Crippen LogP contribution in [0.15, 0.2) is 30.6 Å². The molecule has 1 aromatic carbocycles. The van der Waals surface area contributed by atoms with Gasteiger partial charge in [-0.2, -0.15) is 5.10 Å². The molecule has 0 aliphatic heterocycles. The summed E-state index contributed by atoms with van der Waals surface area (Å²) in [7, 11) is 0. The molecule has 20 heavy (non-hydrogen) atoms. The summed E-state index contributed by atoms with van der Waals surface area (Å²) >= 11 is 0. The highest BCUT2D eigenvalue weighted by Gasteiger charge is 2.03. The molecule has 2 aromatic rings. The summed E-state index contributed by atoms with van der Waals surface area (Å²) in [6.07, 6.45) is 6.35. The van der Waals surface area contributed by atoms with E-state index in [0.29, 0.717) is 6.04 Å². The average Bonchev–Trinajstić information content (AvgIpc) is 2.82. The molecule has 1 heterocycles. The highest BCUT2D eigenvalue weighted by Crippen LogP contribution is 2.14. The molecule has 1 aromatic heterocycles. The number of aromatic nitrogens is 2. The molecule has 1 N–H and O–H groups in total. The van der Waals surface area contributed by atoms with Gasteiger partial charge in [-0.15, -0.1) is 0 Å². The third kappa shape index (κ3) is 4.20. The van der Waals surface area contributed by atoms with Crippen LogP contribution in [-0.4, -0.2) is 22.4 Å². The molecule has 0 aliphatic rings. The summed E-state index contributed by atoms with van der Waals surface area (Å²) in [6, 6.07) is 7.09. The molecule has 2 rings (SSSR count). The van der Waals surface area contributed by atoms with E-state index in [2.05, 4.69) is 62.5 Å². The number of hydrogen-bond donors (Lipinski definition) is 1. The normalized spacial score (nSPS) is 11.2. The van der Waals surface area contributed by atoms with Crippen LogP contribution in [-0.2, 0) is 6.42 Å². The second-order valence-electron chi connectivity index (χ2n) is 5.85. The molecule has 0 atom stereocenters. The van der Waals surface area contributed by atoms with E-state index in [-0.39, 0.29) is 0 Å². The number of benzene rings is 1. The Morgan fingerprint density at radius 1 is 1.15 bits per heavy atom. The molecule has 0 bridgehead atoms. The summed E-state index contributed by atoms with van der Waals surface area (Å²) in [5.74, 6) is 0. The van der Waals surface area contributed by atoms with E-state index in [1.165, 1.54) is 16.7 Å². The van der Waals surface area contributed by atoms with Gasteiger partial charge in [0.2, 0.25) is 0 Å². The Labute approximate surface area is 122 Å². The maximum Gasteiger partial charge on any atom is 0.0650 e. The molecule has 0 saturated carbocycles. The van der Waals surface area contributed by atoms with Crippen LogP contribution < -0.4 is 5.32 Å². The van der Waals surface area contributed by atoms with Crippen LogP contribution in [0.3, 0.4) is 0 Å². The van der Waals surface area contributed by atoms with E-state index in [9.17, 15) is 0 Å². The van der Waals surface area contributed by atoms with Crippen LogP contribution in [0.25, 0.3) is 5.69 Å². The molecular formula is C17H25N3. The summed E-state index contributed by atoms with van der Waals surface area (Å²) in [4.78, 5) is 0. The molecule has 0 radical (unpaired) electrons. The van der Waals surface area contributed by atoms with Crippen molar-refractivity contribution in [3.05, 3.63) is 47.3 Å². The van der Waals surface area contributed by atoms with Gasteiger partial charge in [0.15, 0.2) is 0 Å². The molecular weight excluding hydrogens is 246 g/mol. The fraction of sp³-hybridized carbons (Fsp3) is 0.471. The van der Waals surface area contributed by atoms with Gasteiger partial charge in [0.25, 0.3) is 0 Å². The van der Waals surface area contributed by atoms with Gasteiger partial charge in [0.1, 0.15) is 0 Å². The molecule has 0 unspecified atom stereocenters. The van der Waals surface area contributed by atoms with Crippen molar-refractivity contribution >= 4 is 0 Å². The number of hydrogen-bond acceptors (Lipinski definition) is 2. The van der Waals surface area contributed by atoms with Gasteiger partial charge in [0.05, 0.1) is 11.9 Å². The topological polar surface area (TPSA) is 29.9 Å². The zero-order valence-electron chi connectivity index (χ0n) is 13.0. The molecule has 0 fully saturated rings. The second kappa shape index (κ2) is 6.71. The fourth-order valence-electron chi connectivity index (χ4n) is 2.40. The van der Waals surface area contributed by atoms with E-state index in [4.69, 9.17) is 0 Å². The van der Waals surface area contributed by atoms with Gasteiger partial charge in [-0.3, -0.25) is 0 Å². The zero-order valence-corrected chi connectivity index (χ0v) is 13.0. The predicted octanol–water partition coefficient (Wildman–Crippen LogP) is 3.42. The van der Waals surface area contributed by atoms with Crippen LogP contribution in [0.2, 0.25) is 0 Å². The Kier molecular flexibility index (Phi) is 4.96. The molecule has 3 heteroatoms. The van der Waals surface area contributed by atoms with Gasteiger partial charge in [-0.25, -0.2) is 4.68 Å². The molecule has 3 nitrogen and oxygen atoms in total. The standard InChI is InChI=1S/C17H25N3/c1-13(2)18-7-5-6-16-11-19-20(12-16)17-9-14(3)8-15(4)10-17/h8-13,18H,5-7H2,1-4H3. The highest BCUT2D eigenvalue weighted by atomic mass is 15.3. The molecule has 0 spiro atoms. The van der Waals surface area contributed by atoms with Crippen molar-refractivity contribution in [2.24, 2.45) is 0 Å². The van der Waals surface area contributed by atoms with Crippen molar-refractivity contribution in [3.63, 3.8) is 0 Å². The van der Waals surface area contributed by atoms with Crippen LogP contribution >= 0.6 is 0 Å². The van der Waals surface area contributed by atoms with Crippen molar-refractivity contribution < 1.29 is 0 Å². The number of aryl methyl sites for hydroxylation is 3. The number of nitrogens with one attached hydrogen (secondary N) is 1. The van der Waals surface area contributed by atoms with Crippen molar-refractivity contribution in [1.82, 2.24) is 15.1 Å². The van der Waals surface area contributed by atoms with Gasteiger partial charge in [-0.1, -0.05) is 19.9 Å². The van der Waals surface area contributed by atoms with Crippen LogP contribution in [0.5, 0.6) is 0 Å². The first-order chi connectivity index (χ1) is 9.54. The van der Waals surface area contributed by atoms with E-state index in [1.54, 1.807) is 0 Å². The molecule has 108 valence electrons. The van der Waals surface area contributed by atoms with E-state index in [0.717, 1.165) is 25.1 Å². The first kappa shape index (κ1) is 14.8. The van der Waals surface area contributed by atoms with Gasteiger partial charge in [-0.05, 0) is 62.1 Å². The third-order valence-corrected chi connectivity index (χ3v) is 3.30. The third-order valence-electron chi connectivity index (χ3n) is 3.30. The monoisotopic (exact) mass is 271 g/mol. The van der Waals surface area contributed by atoms with Gasteiger partial charge < -0.3 is 5.32 Å². The van der Waals surface area contributed by atoms with Crippen LogP contribution in [0, 0.1) is 13.8 Å². The lowest BCUT2D eigenvalue weighted by Crippen LogP contribution is -2.23. The molecule has 0 amide bonds. The van der Waals surface area contributed by atoms with Gasteiger partial charge >= 0.3 is 0 Å². The minimum absolute atomic E-state index is 0.563. The Morgan fingerprint density at radius 2 is 1.85 bits per heavy atom. The maximum atomic E-state index is 4.48. The van der Waals surface area contributed by atoms with Crippen molar-refractivity contribution in [2.75, 3.05) is 6.54 Å². The minimum Gasteiger partial charge on any atom is -0.315 e. The summed E-state index contributed by atoms with van der Waals surface area (Å²) < 4.78 is 1.98. The SMILES string of the molecule is Cc1cc(C)cc(-n2cc(CCCNC(C)C)cn2)c1. The Morgan fingerprint density at radius 3 is 2.50 bits per heavy atom. The summed E-state index contributed by atoms with van der Waals surface area (Å²) in [5, 5.41) is 7.92. The largest absolute Gasteiger partial charge is 0.315 e. The molecule has 0 aliphatic carbocycles. The predicted molar refractivity (Wildman–Crippen MR) is 84.5 cm³/mol. The van der Waals surface area contributed by atoms with Crippen LogP contribution in [0.4, 0.5) is 0 Å². The number of nitrogens with zero attached hydrogens (tertiary/aromatic N) is 2. The van der Waals surface area contributed by atoms with Crippen molar-refractivity contribution in [3.8, 4) is 5.69 Å². The van der Waals surface area contributed by atoms with Crippen molar-refractivity contribution in [2.45, 2.75) is 46.6 Å². The average molecular weight is 271 g/mol. The lowest BCUT2D eigenvalue weighted by Gasteiger charge is -2.06. The maximum absolute atomic E-state index is 4.48. The van der Waals surface area contributed by atoms with E-state index in [1.807, 2.05) is 10.9 Å². The van der Waals surface area contributed by atoms with Crippen LogP contribution in [0.1, 0.15) is 37.0 Å². The Balaban J connectivity index is 1.98. The Hall–Kier alpha value is -1.61. The quantitative estimate of drug-likeness (QED) is 0.816. The lowest BCUT2D eigenvalue weighted by atomic mass is 10.1. The highest BCUT2D eigenvalue weighted by molar-refractivity contribution is 5.39. The van der Waals surface area contributed by atoms with Crippen molar-refractivity contribution in [1.29, 1.82) is 0 Å². The molecule has 0 saturated heterocycles. The fourth-order valence-corrected chi connectivity index (χ4v) is 2.40. The summed E-state index contributed by atoms with van der Waals surface area (Å²) in [5.41, 5.74) is 5.00.